The largest absolute Gasteiger partial charge is 0.383 e. The number of rotatable bonds is 4. The summed E-state index contributed by atoms with van der Waals surface area (Å²) in [6, 6.07) is 0.255. The second-order valence-corrected chi connectivity index (χ2v) is 5.84. The molecule has 2 aromatic heterocycles. The van der Waals surface area contributed by atoms with Crippen molar-refractivity contribution in [2.24, 2.45) is 0 Å². The smallest absolute Gasteiger partial charge is 0.138 e. The molecule has 96 valence electrons. The molecule has 1 aliphatic carbocycles. The summed E-state index contributed by atoms with van der Waals surface area (Å²) in [5, 5.41) is 4.67. The van der Waals surface area contributed by atoms with E-state index in [1.807, 2.05) is 11.3 Å². The fourth-order valence-corrected chi connectivity index (χ4v) is 3.79. The van der Waals surface area contributed by atoms with Crippen LogP contribution in [-0.4, -0.2) is 29.7 Å². The van der Waals surface area contributed by atoms with Gasteiger partial charge in [-0.1, -0.05) is 0 Å². The van der Waals surface area contributed by atoms with E-state index in [1.54, 1.807) is 13.4 Å². The Balaban J connectivity index is 2.01. The van der Waals surface area contributed by atoms with Crippen LogP contribution >= 0.6 is 11.3 Å². The van der Waals surface area contributed by atoms with Crippen LogP contribution in [0.3, 0.4) is 0 Å². The summed E-state index contributed by atoms with van der Waals surface area (Å²) in [7, 11) is 1.72. The first kappa shape index (κ1) is 11.9. The van der Waals surface area contributed by atoms with Crippen molar-refractivity contribution in [3.63, 3.8) is 0 Å². The Kier molecular flexibility index (Phi) is 3.18. The zero-order valence-corrected chi connectivity index (χ0v) is 11.5. The van der Waals surface area contributed by atoms with E-state index in [0.29, 0.717) is 6.61 Å². The third-order valence-corrected chi connectivity index (χ3v) is 4.50. The molecule has 1 N–H and O–H groups in total. The highest BCUT2D eigenvalue weighted by Gasteiger charge is 2.21. The lowest BCUT2D eigenvalue weighted by molar-refractivity contribution is 0.190. The molecule has 0 aromatic carbocycles. The summed E-state index contributed by atoms with van der Waals surface area (Å²) in [6.45, 7) is 2.78. The van der Waals surface area contributed by atoms with Crippen LogP contribution in [0.5, 0.6) is 0 Å². The van der Waals surface area contributed by atoms with Crippen LogP contribution in [0.2, 0.25) is 0 Å². The van der Waals surface area contributed by atoms with Crippen LogP contribution in [0, 0.1) is 0 Å². The first-order chi connectivity index (χ1) is 8.79. The van der Waals surface area contributed by atoms with Crippen molar-refractivity contribution in [1.82, 2.24) is 9.97 Å². The second kappa shape index (κ2) is 4.82. The van der Waals surface area contributed by atoms with Crippen molar-refractivity contribution in [2.45, 2.75) is 32.2 Å². The zero-order valence-electron chi connectivity index (χ0n) is 10.7. The predicted octanol–water partition coefficient (Wildman–Crippen LogP) is 2.63. The molecule has 5 heteroatoms. The van der Waals surface area contributed by atoms with Crippen LogP contribution in [0.4, 0.5) is 5.82 Å². The highest BCUT2D eigenvalue weighted by Crippen LogP contribution is 2.39. The Morgan fingerprint density at radius 2 is 2.33 bits per heavy atom. The van der Waals surface area contributed by atoms with E-state index in [2.05, 4.69) is 22.2 Å². The number of hydrogen-bond donors (Lipinski definition) is 1. The Morgan fingerprint density at radius 3 is 3.17 bits per heavy atom. The van der Waals surface area contributed by atoms with Gasteiger partial charge in [-0.2, -0.15) is 0 Å². The predicted molar refractivity (Wildman–Crippen MR) is 74.4 cm³/mol. The first-order valence-electron chi connectivity index (χ1n) is 6.30. The molecule has 3 rings (SSSR count). The van der Waals surface area contributed by atoms with Gasteiger partial charge in [0.1, 0.15) is 17.0 Å². The van der Waals surface area contributed by atoms with Crippen LogP contribution in [0.15, 0.2) is 6.33 Å². The molecule has 2 heterocycles. The number of thiophene rings is 1. The van der Waals surface area contributed by atoms with Crippen molar-refractivity contribution in [2.75, 3.05) is 19.0 Å². The number of fused-ring (bicyclic) bond motifs is 3. The number of hydrogen-bond acceptors (Lipinski definition) is 5. The molecular weight excluding hydrogens is 246 g/mol. The van der Waals surface area contributed by atoms with E-state index in [4.69, 9.17) is 4.74 Å². The SMILES string of the molecule is COC[C@H](C)Nc1ncnc2sc3c(c12)CCC3. The number of nitrogens with zero attached hydrogens (tertiary/aromatic N) is 2. The van der Waals surface area contributed by atoms with Crippen LogP contribution < -0.4 is 5.32 Å². The molecule has 0 unspecified atom stereocenters. The van der Waals surface area contributed by atoms with Gasteiger partial charge in [0, 0.05) is 18.0 Å². The molecule has 0 spiro atoms. The minimum absolute atomic E-state index is 0.255. The quantitative estimate of drug-likeness (QED) is 0.921. The second-order valence-electron chi connectivity index (χ2n) is 4.76. The van der Waals surface area contributed by atoms with Crippen LogP contribution in [-0.2, 0) is 17.6 Å². The van der Waals surface area contributed by atoms with E-state index in [9.17, 15) is 0 Å². The molecule has 0 amide bonds. The minimum Gasteiger partial charge on any atom is -0.383 e. The standard InChI is InChI=1S/C13H17N3OS/c1-8(6-17-2)16-12-11-9-4-3-5-10(9)18-13(11)15-7-14-12/h7-8H,3-6H2,1-2H3,(H,14,15,16)/t8-/m0/s1. The topological polar surface area (TPSA) is 47.0 Å². The van der Waals surface area contributed by atoms with Gasteiger partial charge in [0.05, 0.1) is 12.0 Å². The van der Waals surface area contributed by atoms with Gasteiger partial charge in [-0.05, 0) is 31.7 Å². The summed E-state index contributed by atoms with van der Waals surface area (Å²) in [4.78, 5) is 11.4. The first-order valence-corrected chi connectivity index (χ1v) is 7.12. The Bertz CT molecular complexity index is 567. The Labute approximate surface area is 110 Å². The number of ether oxygens (including phenoxy) is 1. The monoisotopic (exact) mass is 263 g/mol. The van der Waals surface area contributed by atoms with E-state index >= 15 is 0 Å². The number of anilines is 1. The lowest BCUT2D eigenvalue weighted by Crippen LogP contribution is -2.21. The highest BCUT2D eigenvalue weighted by atomic mass is 32.1. The van der Waals surface area contributed by atoms with Crippen molar-refractivity contribution in [3.8, 4) is 0 Å². The normalized spacial score (nSPS) is 15.9. The molecular formula is C13H17N3OS. The molecule has 0 saturated heterocycles. The molecule has 0 bridgehead atoms. The summed E-state index contributed by atoms with van der Waals surface area (Å²) < 4.78 is 5.16. The highest BCUT2D eigenvalue weighted by molar-refractivity contribution is 7.19. The molecule has 2 aromatic rings. The van der Waals surface area contributed by atoms with Gasteiger partial charge < -0.3 is 10.1 Å². The summed E-state index contributed by atoms with van der Waals surface area (Å²) in [6.07, 6.45) is 5.27. The number of nitrogens with one attached hydrogen (secondary N) is 1. The van der Waals surface area contributed by atoms with Gasteiger partial charge in [-0.15, -0.1) is 11.3 Å². The summed E-state index contributed by atoms with van der Waals surface area (Å²) >= 11 is 1.82. The molecule has 0 radical (unpaired) electrons. The van der Waals surface area contributed by atoms with Crippen molar-refractivity contribution in [3.05, 3.63) is 16.8 Å². The number of methoxy groups -OCH3 is 1. The molecule has 1 aliphatic rings. The van der Waals surface area contributed by atoms with E-state index in [-0.39, 0.29) is 6.04 Å². The molecule has 4 nitrogen and oxygen atoms in total. The van der Waals surface area contributed by atoms with E-state index in [0.717, 1.165) is 17.1 Å². The van der Waals surface area contributed by atoms with Gasteiger partial charge in [0.25, 0.3) is 0 Å². The van der Waals surface area contributed by atoms with Crippen molar-refractivity contribution in [1.29, 1.82) is 0 Å². The molecule has 0 fully saturated rings. The van der Waals surface area contributed by atoms with Gasteiger partial charge >= 0.3 is 0 Å². The Hall–Kier alpha value is -1.20. The van der Waals surface area contributed by atoms with E-state index < -0.39 is 0 Å². The maximum absolute atomic E-state index is 5.16. The third kappa shape index (κ3) is 1.97. The molecule has 18 heavy (non-hydrogen) atoms. The lowest BCUT2D eigenvalue weighted by atomic mass is 10.2. The summed E-state index contributed by atoms with van der Waals surface area (Å²) in [5.74, 6) is 0.962. The van der Waals surface area contributed by atoms with Gasteiger partial charge in [-0.25, -0.2) is 9.97 Å². The van der Waals surface area contributed by atoms with Crippen LogP contribution in [0.1, 0.15) is 23.8 Å². The van der Waals surface area contributed by atoms with Crippen molar-refractivity contribution >= 4 is 27.4 Å². The minimum atomic E-state index is 0.255. The maximum Gasteiger partial charge on any atom is 0.138 e. The Morgan fingerprint density at radius 1 is 1.44 bits per heavy atom. The third-order valence-electron chi connectivity index (χ3n) is 3.30. The van der Waals surface area contributed by atoms with Gasteiger partial charge in [0.2, 0.25) is 0 Å². The number of aromatic nitrogens is 2. The molecule has 1 atom stereocenters. The number of aryl methyl sites for hydroxylation is 2. The summed E-state index contributed by atoms with van der Waals surface area (Å²) in [5.41, 5.74) is 1.46. The zero-order chi connectivity index (χ0) is 12.5. The fraction of sp³-hybridized carbons (Fsp3) is 0.538. The average Bonchev–Trinajstić information content (AvgIpc) is 2.89. The van der Waals surface area contributed by atoms with Gasteiger partial charge in [0.15, 0.2) is 0 Å². The van der Waals surface area contributed by atoms with Gasteiger partial charge in [-0.3, -0.25) is 0 Å². The molecule has 0 saturated carbocycles. The van der Waals surface area contributed by atoms with Crippen LogP contribution in [0.25, 0.3) is 10.2 Å². The average molecular weight is 263 g/mol. The molecule has 0 aliphatic heterocycles. The fourth-order valence-electron chi connectivity index (χ4n) is 2.56. The maximum atomic E-state index is 5.16. The lowest BCUT2D eigenvalue weighted by Gasteiger charge is -2.14. The van der Waals surface area contributed by atoms with Crippen molar-refractivity contribution < 1.29 is 4.74 Å². The van der Waals surface area contributed by atoms with E-state index in [1.165, 1.54) is 28.7 Å².